The maximum atomic E-state index is 5.47. The first-order valence-electron chi connectivity index (χ1n) is 6.49. The third kappa shape index (κ3) is 3.82. The molecule has 0 spiro atoms. The molecule has 1 N–H and O–H groups in total. The summed E-state index contributed by atoms with van der Waals surface area (Å²) in [7, 11) is 0. The van der Waals surface area contributed by atoms with E-state index in [0.717, 1.165) is 24.6 Å². The molecule has 2 rings (SSSR count). The van der Waals surface area contributed by atoms with Gasteiger partial charge in [0.15, 0.2) is 11.5 Å². The van der Waals surface area contributed by atoms with Crippen molar-refractivity contribution in [3.63, 3.8) is 0 Å². The Morgan fingerprint density at radius 2 is 2.17 bits per heavy atom. The molecule has 0 saturated heterocycles. The highest BCUT2D eigenvalue weighted by Crippen LogP contribution is 2.35. The fourth-order valence-electron chi connectivity index (χ4n) is 2.03. The second-order valence-electron chi connectivity index (χ2n) is 4.38. The summed E-state index contributed by atoms with van der Waals surface area (Å²) in [4.78, 5) is 0. The summed E-state index contributed by atoms with van der Waals surface area (Å²) in [6.45, 7) is 2.27. The van der Waals surface area contributed by atoms with Crippen molar-refractivity contribution in [3.8, 4) is 11.5 Å². The quantitative estimate of drug-likeness (QED) is 0.733. The number of rotatable bonds is 8. The molecule has 0 bridgehead atoms. The number of fused-ring (bicyclic) bond motifs is 1. The first kappa shape index (κ1) is 13.6. The molecule has 0 aliphatic carbocycles. The number of thioether (sulfide) groups is 1. The molecule has 3 nitrogen and oxygen atoms in total. The average molecular weight is 267 g/mol. The van der Waals surface area contributed by atoms with Gasteiger partial charge in [-0.15, -0.1) is 0 Å². The van der Waals surface area contributed by atoms with Gasteiger partial charge in [0.2, 0.25) is 6.79 Å². The summed E-state index contributed by atoms with van der Waals surface area (Å²) in [6, 6.07) is 6.06. The van der Waals surface area contributed by atoms with Crippen molar-refractivity contribution in [1.29, 1.82) is 0 Å². The second kappa shape index (κ2) is 7.54. The Morgan fingerprint density at radius 1 is 1.22 bits per heavy atom. The number of unbranched alkanes of at least 4 members (excludes halogenated alkanes) is 2. The highest BCUT2D eigenvalue weighted by molar-refractivity contribution is 7.98. The largest absolute Gasteiger partial charge is 0.454 e. The van der Waals surface area contributed by atoms with E-state index in [1.165, 1.54) is 30.6 Å². The van der Waals surface area contributed by atoms with Gasteiger partial charge in [0, 0.05) is 12.1 Å². The topological polar surface area (TPSA) is 30.5 Å². The first-order chi connectivity index (χ1) is 8.92. The summed E-state index contributed by atoms with van der Waals surface area (Å²) < 4.78 is 10.8. The van der Waals surface area contributed by atoms with Crippen LogP contribution in [0.3, 0.4) is 0 Å². The molecule has 0 saturated carbocycles. The van der Waals surface area contributed by atoms with E-state index >= 15 is 0 Å². The third-order valence-electron chi connectivity index (χ3n) is 3.00. The zero-order valence-electron chi connectivity index (χ0n) is 10.9. The molecule has 1 aliphatic rings. The lowest BCUT2D eigenvalue weighted by Gasteiger charge is -2.07. The molecule has 0 amide bonds. The molecule has 0 radical (unpaired) electrons. The summed E-state index contributed by atoms with van der Waals surface area (Å²) >= 11 is 1.92. The van der Waals surface area contributed by atoms with Crippen LogP contribution in [0.25, 0.3) is 0 Å². The zero-order valence-corrected chi connectivity index (χ0v) is 11.7. The van der Waals surface area contributed by atoms with Gasteiger partial charge in [-0.2, -0.15) is 11.8 Å². The third-order valence-corrected chi connectivity index (χ3v) is 3.69. The predicted octanol–water partition coefficient (Wildman–Crippen LogP) is 3.04. The van der Waals surface area contributed by atoms with Gasteiger partial charge in [0.05, 0.1) is 0 Å². The van der Waals surface area contributed by atoms with Gasteiger partial charge < -0.3 is 14.8 Å². The second-order valence-corrected chi connectivity index (χ2v) is 5.37. The van der Waals surface area contributed by atoms with Crippen LogP contribution in [-0.2, 0) is 6.54 Å². The minimum Gasteiger partial charge on any atom is -0.454 e. The van der Waals surface area contributed by atoms with Crippen LogP contribution in [0.15, 0.2) is 18.2 Å². The molecule has 100 valence electrons. The fraction of sp³-hybridized carbons (Fsp3) is 0.571. The van der Waals surface area contributed by atoms with E-state index in [9.17, 15) is 0 Å². The summed E-state index contributed by atoms with van der Waals surface area (Å²) in [5, 5.41) is 3.47. The monoisotopic (exact) mass is 267 g/mol. The molecular formula is C14H21NO2S. The molecule has 0 fully saturated rings. The Morgan fingerprint density at radius 3 is 3.06 bits per heavy atom. The van der Waals surface area contributed by atoms with Crippen LogP contribution in [-0.4, -0.2) is 25.3 Å². The van der Waals surface area contributed by atoms with Gasteiger partial charge >= 0.3 is 0 Å². The van der Waals surface area contributed by atoms with Gasteiger partial charge in [0.25, 0.3) is 0 Å². The lowest BCUT2D eigenvalue weighted by atomic mass is 10.2. The summed E-state index contributed by atoms with van der Waals surface area (Å²) in [5.41, 5.74) is 1.19. The van der Waals surface area contributed by atoms with Crippen molar-refractivity contribution in [2.45, 2.75) is 25.8 Å². The van der Waals surface area contributed by atoms with Crippen LogP contribution in [0.1, 0.15) is 24.8 Å². The summed E-state index contributed by atoms with van der Waals surface area (Å²) in [5.74, 6) is 3.05. The highest BCUT2D eigenvalue weighted by atomic mass is 32.2. The molecule has 0 unspecified atom stereocenters. The normalized spacial score (nSPS) is 12.9. The molecule has 0 aromatic heterocycles. The number of para-hydroxylation sites is 1. The van der Waals surface area contributed by atoms with Gasteiger partial charge in [-0.05, 0) is 37.5 Å². The fourth-order valence-corrected chi connectivity index (χ4v) is 2.52. The molecule has 0 atom stereocenters. The van der Waals surface area contributed by atoms with Crippen molar-refractivity contribution in [2.24, 2.45) is 0 Å². The molecule has 18 heavy (non-hydrogen) atoms. The van der Waals surface area contributed by atoms with Gasteiger partial charge in [-0.3, -0.25) is 0 Å². The smallest absolute Gasteiger partial charge is 0.231 e. The highest BCUT2D eigenvalue weighted by Gasteiger charge is 2.16. The van der Waals surface area contributed by atoms with Crippen LogP contribution in [0.2, 0.25) is 0 Å². The molecule has 1 aromatic carbocycles. The number of hydrogen-bond acceptors (Lipinski definition) is 4. The van der Waals surface area contributed by atoms with E-state index in [-0.39, 0.29) is 0 Å². The lowest BCUT2D eigenvalue weighted by Crippen LogP contribution is -2.15. The Labute approximate surface area is 113 Å². The van der Waals surface area contributed by atoms with Crippen LogP contribution < -0.4 is 14.8 Å². The van der Waals surface area contributed by atoms with Gasteiger partial charge in [-0.1, -0.05) is 18.6 Å². The van der Waals surface area contributed by atoms with E-state index < -0.39 is 0 Å². The Kier molecular flexibility index (Phi) is 5.68. The molecular weight excluding hydrogens is 246 g/mol. The van der Waals surface area contributed by atoms with Crippen LogP contribution in [0, 0.1) is 0 Å². The van der Waals surface area contributed by atoms with Crippen molar-refractivity contribution in [1.82, 2.24) is 5.32 Å². The Balaban J connectivity index is 1.66. The number of nitrogens with one attached hydrogen (secondary N) is 1. The maximum absolute atomic E-state index is 5.47. The van der Waals surface area contributed by atoms with Crippen molar-refractivity contribution < 1.29 is 9.47 Å². The van der Waals surface area contributed by atoms with E-state index in [1.807, 2.05) is 23.9 Å². The molecule has 1 aromatic rings. The van der Waals surface area contributed by atoms with Gasteiger partial charge in [0.1, 0.15) is 0 Å². The number of ether oxygens (including phenoxy) is 2. The lowest BCUT2D eigenvalue weighted by molar-refractivity contribution is 0.173. The number of benzene rings is 1. The molecule has 1 heterocycles. The maximum Gasteiger partial charge on any atom is 0.231 e. The van der Waals surface area contributed by atoms with Crippen LogP contribution in [0.5, 0.6) is 11.5 Å². The molecule has 1 aliphatic heterocycles. The van der Waals surface area contributed by atoms with Crippen molar-refractivity contribution in [3.05, 3.63) is 23.8 Å². The van der Waals surface area contributed by atoms with Crippen LogP contribution in [0.4, 0.5) is 0 Å². The minimum atomic E-state index is 0.348. The standard InChI is InChI=1S/C14H21NO2S/c1-18-9-4-2-3-8-15-10-12-6-5-7-13-14(12)17-11-16-13/h5-7,15H,2-4,8-11H2,1H3. The van der Waals surface area contributed by atoms with E-state index in [1.54, 1.807) is 0 Å². The van der Waals surface area contributed by atoms with Crippen molar-refractivity contribution in [2.75, 3.05) is 25.3 Å². The SMILES string of the molecule is CSCCCCCNCc1cccc2c1OCO2. The van der Waals surface area contributed by atoms with E-state index in [0.29, 0.717) is 6.79 Å². The average Bonchev–Trinajstić information content (AvgIpc) is 2.86. The van der Waals surface area contributed by atoms with Gasteiger partial charge in [-0.25, -0.2) is 0 Å². The minimum absolute atomic E-state index is 0.348. The summed E-state index contributed by atoms with van der Waals surface area (Å²) in [6.07, 6.45) is 6.03. The van der Waals surface area contributed by atoms with E-state index in [2.05, 4.69) is 17.6 Å². The first-order valence-corrected chi connectivity index (χ1v) is 7.88. The zero-order chi connectivity index (χ0) is 12.6. The Bertz CT molecular complexity index is 371. The number of hydrogen-bond donors (Lipinski definition) is 1. The Hall–Kier alpha value is -0.870. The van der Waals surface area contributed by atoms with Crippen molar-refractivity contribution >= 4 is 11.8 Å². The van der Waals surface area contributed by atoms with Crippen LogP contribution >= 0.6 is 11.8 Å². The van der Waals surface area contributed by atoms with E-state index in [4.69, 9.17) is 9.47 Å². The predicted molar refractivity (Wildman–Crippen MR) is 76.5 cm³/mol. The molecule has 4 heteroatoms.